The normalized spacial score (nSPS) is 15.0. The lowest BCUT2D eigenvalue weighted by atomic mass is 10.1. The van der Waals surface area contributed by atoms with Gasteiger partial charge in [-0.1, -0.05) is 18.2 Å². The van der Waals surface area contributed by atoms with Gasteiger partial charge < -0.3 is 10.2 Å². The molecule has 1 amide bonds. The number of anilines is 2. The molecule has 0 unspecified atom stereocenters. The fourth-order valence-corrected chi connectivity index (χ4v) is 3.73. The van der Waals surface area contributed by atoms with E-state index >= 15 is 0 Å². The summed E-state index contributed by atoms with van der Waals surface area (Å²) in [7, 11) is 1.94. The number of aryl methyl sites for hydroxylation is 3. The second kappa shape index (κ2) is 9.23. The molecule has 1 N–H and O–H groups in total. The van der Waals surface area contributed by atoms with Crippen LogP contribution >= 0.6 is 13.5 Å². The summed E-state index contributed by atoms with van der Waals surface area (Å²) in [5.74, 6) is -0.00645. The van der Waals surface area contributed by atoms with Gasteiger partial charge in [0.05, 0.1) is 41.4 Å². The maximum atomic E-state index is 12.1. The van der Waals surface area contributed by atoms with Gasteiger partial charge in [-0.2, -0.15) is 23.9 Å². The molecule has 3 heterocycles. The zero-order valence-corrected chi connectivity index (χ0v) is 18.9. The molecule has 0 bridgehead atoms. The molecule has 1 aliphatic rings. The third-order valence-electron chi connectivity index (χ3n) is 5.65. The van der Waals surface area contributed by atoms with Crippen LogP contribution in [0.4, 0.5) is 11.4 Å². The van der Waals surface area contributed by atoms with Crippen molar-refractivity contribution in [1.29, 1.82) is 5.26 Å². The summed E-state index contributed by atoms with van der Waals surface area (Å²) in [4.78, 5) is 18.8. The summed E-state index contributed by atoms with van der Waals surface area (Å²) >= 11 is 0. The number of carbonyl (C=O) groups excluding carboxylic acids is 1. The van der Waals surface area contributed by atoms with Crippen LogP contribution in [0.25, 0.3) is 0 Å². The van der Waals surface area contributed by atoms with Crippen LogP contribution in [0.5, 0.6) is 0 Å². The number of hydrogen-bond donors (Lipinski definition) is 1. The van der Waals surface area contributed by atoms with E-state index in [9.17, 15) is 10.1 Å². The number of nitrogens with zero attached hydrogens (tertiary/aromatic N) is 5. The minimum Gasteiger partial charge on any atom is -0.361 e. The Morgan fingerprint density at radius 3 is 2.81 bits per heavy atom. The quantitative estimate of drug-likeness (QED) is 0.666. The van der Waals surface area contributed by atoms with E-state index in [2.05, 4.69) is 27.5 Å². The Hall–Kier alpha value is -3.31. The number of pyridine rings is 1. The molecular weight excluding hydrogens is 408 g/mol. The van der Waals surface area contributed by atoms with Gasteiger partial charge >= 0.3 is 0 Å². The molecule has 3 aromatic rings. The number of amides is 1. The Balaban J connectivity index is 0.00000272. The molecule has 0 radical (unpaired) electrons. The molecule has 1 aliphatic heterocycles. The second-order valence-corrected chi connectivity index (χ2v) is 7.68. The Morgan fingerprint density at radius 1 is 1.26 bits per heavy atom. The number of benzene rings is 1. The van der Waals surface area contributed by atoms with E-state index in [0.717, 1.165) is 46.7 Å². The number of likely N-dealkylation sites (N-methyl/N-ethyl adjacent to an activating group) is 1. The Labute approximate surface area is 189 Å². The highest BCUT2D eigenvalue weighted by atomic mass is 32.1. The standard InChI is InChI=1S/C23H24N6O.H2S/c1-15-22-21(28(3)16(2)23(30)27-22)10-20(26-15)9-8-17-12-25-29(13-17)14-19-7-5-4-6-18(19)11-24;/h4-7,10,12-13,16H,8-9,14H2,1-3H3,(H,27,30);1H2/t16-;/m0./s1. The second-order valence-electron chi connectivity index (χ2n) is 7.68. The van der Waals surface area contributed by atoms with Crippen LogP contribution in [-0.4, -0.2) is 33.8 Å². The molecule has 1 atom stereocenters. The number of nitrogens with one attached hydrogen (secondary N) is 1. The van der Waals surface area contributed by atoms with Gasteiger partial charge in [-0.15, -0.1) is 0 Å². The predicted molar refractivity (Wildman–Crippen MR) is 126 cm³/mol. The molecule has 0 saturated carbocycles. The summed E-state index contributed by atoms with van der Waals surface area (Å²) < 4.78 is 1.86. The first kappa shape index (κ1) is 22.4. The summed E-state index contributed by atoms with van der Waals surface area (Å²) in [6.45, 7) is 4.39. The van der Waals surface area contributed by atoms with Gasteiger partial charge in [0.2, 0.25) is 5.91 Å². The van der Waals surface area contributed by atoms with Crippen molar-refractivity contribution < 1.29 is 4.79 Å². The highest BCUT2D eigenvalue weighted by Crippen LogP contribution is 2.33. The van der Waals surface area contributed by atoms with E-state index in [4.69, 9.17) is 0 Å². The first-order valence-corrected chi connectivity index (χ1v) is 10.00. The molecule has 8 heteroatoms. The fourth-order valence-electron chi connectivity index (χ4n) is 3.73. The van der Waals surface area contributed by atoms with Crippen LogP contribution < -0.4 is 10.2 Å². The highest BCUT2D eigenvalue weighted by Gasteiger charge is 2.28. The molecule has 0 fully saturated rings. The van der Waals surface area contributed by atoms with Gasteiger partial charge in [-0.25, -0.2) is 0 Å². The van der Waals surface area contributed by atoms with Crippen LogP contribution in [0.1, 0.15) is 35.0 Å². The van der Waals surface area contributed by atoms with Crippen molar-refractivity contribution in [3.05, 3.63) is 70.8 Å². The van der Waals surface area contributed by atoms with E-state index < -0.39 is 0 Å². The molecule has 7 nitrogen and oxygen atoms in total. The van der Waals surface area contributed by atoms with Gasteiger partial charge in [-0.05, 0) is 49.9 Å². The molecule has 0 spiro atoms. The minimum atomic E-state index is -0.207. The molecule has 1 aromatic carbocycles. The molecule has 0 aliphatic carbocycles. The predicted octanol–water partition coefficient (Wildman–Crippen LogP) is 3.18. The van der Waals surface area contributed by atoms with Crippen LogP contribution in [0.3, 0.4) is 0 Å². The van der Waals surface area contributed by atoms with Crippen molar-refractivity contribution in [3.63, 3.8) is 0 Å². The lowest BCUT2D eigenvalue weighted by Gasteiger charge is -2.34. The molecule has 2 aromatic heterocycles. The SMILES string of the molecule is Cc1nc(CCc2cnn(Cc3ccccc3C#N)c2)cc2c1NC(=O)[C@H](C)N2C.S. The van der Waals surface area contributed by atoms with Gasteiger partial charge in [0.1, 0.15) is 6.04 Å². The first-order chi connectivity index (χ1) is 14.5. The van der Waals surface area contributed by atoms with Gasteiger partial charge in [0.25, 0.3) is 0 Å². The van der Waals surface area contributed by atoms with Crippen LogP contribution in [0, 0.1) is 18.3 Å². The summed E-state index contributed by atoms with van der Waals surface area (Å²) in [5.41, 5.74) is 6.38. The number of hydrogen-bond acceptors (Lipinski definition) is 5. The number of carbonyl (C=O) groups is 1. The zero-order chi connectivity index (χ0) is 21.3. The number of aromatic nitrogens is 3. The first-order valence-electron chi connectivity index (χ1n) is 10.00. The van der Waals surface area contributed by atoms with E-state index in [1.807, 2.05) is 67.1 Å². The average Bonchev–Trinajstić information content (AvgIpc) is 3.19. The number of rotatable bonds is 5. The lowest BCUT2D eigenvalue weighted by molar-refractivity contribution is -0.117. The highest BCUT2D eigenvalue weighted by molar-refractivity contribution is 7.59. The van der Waals surface area contributed by atoms with E-state index in [0.29, 0.717) is 12.1 Å². The third kappa shape index (κ3) is 4.57. The van der Waals surface area contributed by atoms with Crippen molar-refractivity contribution in [1.82, 2.24) is 14.8 Å². The van der Waals surface area contributed by atoms with Crippen LogP contribution in [0.15, 0.2) is 42.7 Å². The summed E-state index contributed by atoms with van der Waals surface area (Å²) in [6, 6.07) is 11.7. The van der Waals surface area contributed by atoms with Crippen molar-refractivity contribution in [3.8, 4) is 6.07 Å². The molecule has 4 rings (SSSR count). The largest absolute Gasteiger partial charge is 0.361 e. The third-order valence-corrected chi connectivity index (χ3v) is 5.65. The Morgan fingerprint density at radius 2 is 2.03 bits per heavy atom. The molecule has 160 valence electrons. The fraction of sp³-hybridized carbons (Fsp3) is 0.304. The van der Waals surface area contributed by atoms with E-state index in [1.165, 1.54) is 0 Å². The Bertz CT molecular complexity index is 1150. The molecule has 31 heavy (non-hydrogen) atoms. The van der Waals surface area contributed by atoms with Crippen molar-refractivity contribution in [2.24, 2.45) is 0 Å². The smallest absolute Gasteiger partial charge is 0.246 e. The minimum absolute atomic E-state index is 0. The maximum Gasteiger partial charge on any atom is 0.246 e. The number of nitriles is 1. The van der Waals surface area contributed by atoms with Crippen LogP contribution in [-0.2, 0) is 24.2 Å². The monoisotopic (exact) mass is 434 g/mol. The van der Waals surface area contributed by atoms with Gasteiger partial charge in [-0.3, -0.25) is 14.5 Å². The van der Waals surface area contributed by atoms with E-state index in [-0.39, 0.29) is 25.4 Å². The molecular formula is C23H26N6OS. The Kier molecular flexibility index (Phi) is 6.66. The summed E-state index contributed by atoms with van der Waals surface area (Å²) in [6.07, 6.45) is 5.49. The van der Waals surface area contributed by atoms with Gasteiger partial charge in [0.15, 0.2) is 0 Å². The summed E-state index contributed by atoms with van der Waals surface area (Å²) in [5, 5.41) is 16.7. The van der Waals surface area contributed by atoms with Gasteiger partial charge in [0, 0.05) is 18.9 Å². The van der Waals surface area contributed by atoms with Crippen molar-refractivity contribution >= 4 is 30.8 Å². The van der Waals surface area contributed by atoms with Crippen molar-refractivity contribution in [2.45, 2.75) is 39.3 Å². The average molecular weight is 435 g/mol. The van der Waals surface area contributed by atoms with Crippen LogP contribution in [0.2, 0.25) is 0 Å². The molecule has 0 saturated heterocycles. The topological polar surface area (TPSA) is 86.8 Å². The van der Waals surface area contributed by atoms with E-state index in [1.54, 1.807) is 0 Å². The lowest BCUT2D eigenvalue weighted by Crippen LogP contribution is -2.44. The number of fused-ring (bicyclic) bond motifs is 1. The van der Waals surface area contributed by atoms with Crippen molar-refractivity contribution in [2.75, 3.05) is 17.3 Å². The zero-order valence-electron chi connectivity index (χ0n) is 17.9. The maximum absolute atomic E-state index is 12.1.